The van der Waals surface area contributed by atoms with Crippen molar-refractivity contribution in [2.24, 2.45) is 5.92 Å². The third kappa shape index (κ3) is 7.29. The van der Waals surface area contributed by atoms with Gasteiger partial charge in [0.25, 0.3) is 5.91 Å². The molecular weight excluding hydrogens is 326 g/mol. The number of aliphatic hydroxyl groups excluding tert-OH is 1. The van der Waals surface area contributed by atoms with Gasteiger partial charge in [-0.15, -0.1) is 0 Å². The maximum atomic E-state index is 12.3. The van der Waals surface area contributed by atoms with Crippen molar-refractivity contribution in [2.75, 3.05) is 6.54 Å². The Balaban J connectivity index is 2.70. The topological polar surface area (TPSA) is 117 Å². The van der Waals surface area contributed by atoms with Crippen molar-refractivity contribution in [2.45, 2.75) is 77.7 Å². The molecule has 0 radical (unpaired) electrons. The minimum absolute atomic E-state index is 0.212. The number of amides is 3. The summed E-state index contributed by atoms with van der Waals surface area (Å²) in [7, 11) is 0. The number of hydrogen-bond acceptors (Lipinski definition) is 5. The van der Waals surface area contributed by atoms with Gasteiger partial charge < -0.3 is 25.8 Å². The summed E-state index contributed by atoms with van der Waals surface area (Å²) >= 11 is 0. The molecule has 8 heteroatoms. The highest BCUT2D eigenvalue weighted by atomic mass is 16.6. The van der Waals surface area contributed by atoms with Crippen molar-refractivity contribution in [3.63, 3.8) is 0 Å². The van der Waals surface area contributed by atoms with Crippen molar-refractivity contribution >= 4 is 17.9 Å². The Morgan fingerprint density at radius 2 is 1.92 bits per heavy atom. The highest BCUT2D eigenvalue weighted by molar-refractivity contribution is 5.90. The smallest absolute Gasteiger partial charge is 0.407 e. The minimum Gasteiger partial charge on any atom is -0.444 e. The molecule has 144 valence electrons. The molecule has 0 aliphatic carbocycles. The lowest BCUT2D eigenvalue weighted by Gasteiger charge is -2.29. The van der Waals surface area contributed by atoms with Crippen LogP contribution in [0.25, 0.3) is 0 Å². The number of carbonyl (C=O) groups excluding carboxylic acids is 3. The molecule has 1 fully saturated rings. The Bertz CT molecular complexity index is 487. The van der Waals surface area contributed by atoms with Crippen molar-refractivity contribution in [1.29, 1.82) is 0 Å². The van der Waals surface area contributed by atoms with E-state index in [9.17, 15) is 19.5 Å². The molecule has 25 heavy (non-hydrogen) atoms. The largest absolute Gasteiger partial charge is 0.444 e. The zero-order valence-corrected chi connectivity index (χ0v) is 15.7. The number of carbonyl (C=O) groups is 3. The monoisotopic (exact) mass is 357 g/mol. The predicted molar refractivity (Wildman–Crippen MR) is 92.8 cm³/mol. The van der Waals surface area contributed by atoms with Crippen LogP contribution in [-0.4, -0.2) is 53.3 Å². The molecule has 0 spiro atoms. The molecule has 0 aromatic carbocycles. The maximum absolute atomic E-state index is 12.3. The number of hydrogen-bond donors (Lipinski definition) is 4. The van der Waals surface area contributed by atoms with Gasteiger partial charge in [-0.2, -0.15) is 0 Å². The maximum Gasteiger partial charge on any atom is 0.407 e. The first kappa shape index (κ1) is 21.2. The van der Waals surface area contributed by atoms with Gasteiger partial charge in [0.2, 0.25) is 5.91 Å². The fourth-order valence-corrected chi connectivity index (χ4v) is 2.55. The van der Waals surface area contributed by atoms with E-state index in [4.69, 9.17) is 4.74 Å². The average Bonchev–Trinajstić information content (AvgIpc) is 2.67. The molecule has 0 unspecified atom stereocenters. The summed E-state index contributed by atoms with van der Waals surface area (Å²) < 4.78 is 5.17. The van der Waals surface area contributed by atoms with Gasteiger partial charge in [0.1, 0.15) is 11.6 Å². The number of aliphatic hydroxyl groups is 1. The van der Waals surface area contributed by atoms with Gasteiger partial charge in [-0.05, 0) is 46.0 Å². The molecule has 4 N–H and O–H groups in total. The zero-order valence-electron chi connectivity index (χ0n) is 15.7. The van der Waals surface area contributed by atoms with E-state index < -0.39 is 35.8 Å². The lowest BCUT2D eigenvalue weighted by Crippen LogP contribution is -2.56. The summed E-state index contributed by atoms with van der Waals surface area (Å²) in [5.41, 5.74) is -0.683. The van der Waals surface area contributed by atoms with Crippen LogP contribution in [0, 0.1) is 5.92 Å². The molecule has 0 bridgehead atoms. The standard InChI is InChI=1S/C17H31N3O5/c1-10(2)12(20-16(24)25-17(3,4)5)13(21)15(23)19-11-8-6-7-9-18-14(11)22/h10-13,21H,6-9H2,1-5H3,(H,18,22)(H,19,23)(H,20,24)/t11-,12-,13+/m0/s1. The van der Waals surface area contributed by atoms with E-state index in [-0.39, 0.29) is 11.8 Å². The van der Waals surface area contributed by atoms with Crippen LogP contribution in [0.2, 0.25) is 0 Å². The van der Waals surface area contributed by atoms with E-state index in [1.165, 1.54) is 0 Å². The molecule has 8 nitrogen and oxygen atoms in total. The summed E-state index contributed by atoms with van der Waals surface area (Å²) in [4.78, 5) is 36.2. The van der Waals surface area contributed by atoms with E-state index in [1.807, 2.05) is 0 Å². The second-order valence-electron chi connectivity index (χ2n) is 7.71. The van der Waals surface area contributed by atoms with Crippen molar-refractivity contribution in [1.82, 2.24) is 16.0 Å². The zero-order chi connectivity index (χ0) is 19.2. The van der Waals surface area contributed by atoms with E-state index in [2.05, 4.69) is 16.0 Å². The molecule has 0 aromatic heterocycles. The first-order chi connectivity index (χ1) is 11.5. The van der Waals surface area contributed by atoms with E-state index in [0.29, 0.717) is 13.0 Å². The summed E-state index contributed by atoms with van der Waals surface area (Å²) in [6.45, 7) is 9.32. The Hall–Kier alpha value is -1.83. The second kappa shape index (κ2) is 9.03. The summed E-state index contributed by atoms with van der Waals surface area (Å²) in [6.07, 6.45) is 0.00338. The van der Waals surface area contributed by atoms with E-state index in [1.54, 1.807) is 34.6 Å². The minimum atomic E-state index is -1.48. The SMILES string of the molecule is CC(C)[C@H](NC(=O)OC(C)(C)C)[C@@H](O)C(=O)N[C@H]1CCCCNC1=O. The van der Waals surface area contributed by atoms with Gasteiger partial charge in [-0.25, -0.2) is 4.79 Å². The first-order valence-corrected chi connectivity index (χ1v) is 8.77. The van der Waals surface area contributed by atoms with Crippen LogP contribution in [0.4, 0.5) is 4.79 Å². The van der Waals surface area contributed by atoms with Crippen LogP contribution in [0.15, 0.2) is 0 Å². The van der Waals surface area contributed by atoms with Gasteiger partial charge in [-0.1, -0.05) is 13.8 Å². The lowest BCUT2D eigenvalue weighted by molar-refractivity contribution is -0.135. The van der Waals surface area contributed by atoms with Crippen molar-refractivity contribution in [3.8, 4) is 0 Å². The van der Waals surface area contributed by atoms with Crippen LogP contribution < -0.4 is 16.0 Å². The Morgan fingerprint density at radius 1 is 1.28 bits per heavy atom. The normalized spacial score (nSPS) is 20.9. The molecular formula is C17H31N3O5. The number of alkyl carbamates (subject to hydrolysis) is 1. The molecule has 1 aliphatic heterocycles. The fourth-order valence-electron chi connectivity index (χ4n) is 2.55. The molecule has 1 rings (SSSR count). The van der Waals surface area contributed by atoms with Crippen LogP contribution in [0.3, 0.4) is 0 Å². The van der Waals surface area contributed by atoms with E-state index >= 15 is 0 Å². The predicted octanol–water partition coefficient (Wildman–Crippen LogP) is 0.682. The molecule has 3 amide bonds. The number of ether oxygens (including phenoxy) is 1. The van der Waals surface area contributed by atoms with Gasteiger partial charge in [0.15, 0.2) is 6.10 Å². The lowest BCUT2D eigenvalue weighted by atomic mass is 9.97. The summed E-state index contributed by atoms with van der Waals surface area (Å²) in [5, 5.41) is 18.2. The highest BCUT2D eigenvalue weighted by Gasteiger charge is 2.33. The van der Waals surface area contributed by atoms with Gasteiger partial charge >= 0.3 is 6.09 Å². The Kier molecular flexibility index (Phi) is 7.66. The molecule has 3 atom stereocenters. The molecule has 0 aromatic rings. The van der Waals surface area contributed by atoms with Crippen LogP contribution in [0.1, 0.15) is 53.9 Å². The Labute approximate surface area is 149 Å². The summed E-state index contributed by atoms with van der Waals surface area (Å²) in [6, 6.07) is -1.50. The first-order valence-electron chi connectivity index (χ1n) is 8.77. The molecule has 0 saturated carbocycles. The summed E-state index contributed by atoms with van der Waals surface area (Å²) in [5.74, 6) is -1.15. The van der Waals surface area contributed by atoms with Crippen LogP contribution >= 0.6 is 0 Å². The van der Waals surface area contributed by atoms with Gasteiger partial charge in [0.05, 0.1) is 6.04 Å². The second-order valence-corrected chi connectivity index (χ2v) is 7.71. The molecule has 1 aliphatic rings. The molecule has 1 heterocycles. The fraction of sp³-hybridized carbons (Fsp3) is 0.824. The van der Waals surface area contributed by atoms with Crippen molar-refractivity contribution < 1.29 is 24.2 Å². The number of rotatable bonds is 5. The third-order valence-corrected chi connectivity index (χ3v) is 3.86. The quantitative estimate of drug-likeness (QED) is 0.577. The van der Waals surface area contributed by atoms with Gasteiger partial charge in [0, 0.05) is 6.54 Å². The Morgan fingerprint density at radius 3 is 2.48 bits per heavy atom. The number of nitrogens with one attached hydrogen (secondary N) is 3. The van der Waals surface area contributed by atoms with Crippen LogP contribution in [0.5, 0.6) is 0 Å². The highest BCUT2D eigenvalue weighted by Crippen LogP contribution is 2.12. The van der Waals surface area contributed by atoms with Gasteiger partial charge in [-0.3, -0.25) is 9.59 Å². The molecule has 1 saturated heterocycles. The average molecular weight is 357 g/mol. The van der Waals surface area contributed by atoms with Crippen LogP contribution in [-0.2, 0) is 14.3 Å². The third-order valence-electron chi connectivity index (χ3n) is 3.86. The van der Waals surface area contributed by atoms with E-state index in [0.717, 1.165) is 12.8 Å². The van der Waals surface area contributed by atoms with Crippen molar-refractivity contribution in [3.05, 3.63) is 0 Å².